The largest absolute Gasteiger partial charge is 0.286 e. The molecule has 0 aliphatic carbocycles. The molecule has 0 aromatic heterocycles. The lowest BCUT2D eigenvalue weighted by atomic mass is 10.6. The van der Waals surface area contributed by atoms with Gasteiger partial charge in [-0.1, -0.05) is 0 Å². The molecule has 0 saturated heterocycles. The molecule has 0 saturated carbocycles. The van der Waals surface area contributed by atoms with Gasteiger partial charge in [0.2, 0.25) is 6.29 Å². The summed E-state index contributed by atoms with van der Waals surface area (Å²) in [4.78, 5) is 9.20. The third-order valence-corrected chi connectivity index (χ3v) is 0.226. The summed E-state index contributed by atoms with van der Waals surface area (Å²) in [5, 5.41) is 7.68. The molecule has 0 bridgehead atoms. The molecular weight excluding hydrogens is 78.0 g/mol. The smallest absolute Gasteiger partial charge is 0.226 e. The van der Waals surface area contributed by atoms with Crippen LogP contribution in [0.2, 0.25) is 0 Å². The molecule has 0 heterocycles. The highest BCUT2D eigenvalue weighted by molar-refractivity contribution is 5.66. The lowest BCUT2D eigenvalue weighted by molar-refractivity contribution is 0.564. The Morgan fingerprint density at radius 2 is 2.17 bits per heavy atom. The van der Waals surface area contributed by atoms with Crippen LogP contribution in [0.3, 0.4) is 0 Å². The average molecular weight is 80.1 g/mol. The maximum absolute atomic E-state index is 9.20. The Hall–Kier alpha value is -1.10. The maximum atomic E-state index is 9.20. The first-order valence-electron chi connectivity index (χ1n) is 1.34. The molecule has 6 heavy (non-hydrogen) atoms. The van der Waals surface area contributed by atoms with Crippen LogP contribution in [0.5, 0.6) is 0 Å². The lowest BCUT2D eigenvalue weighted by Crippen LogP contribution is -1.52. The van der Waals surface area contributed by atoms with E-state index >= 15 is 0 Å². The SMILES string of the molecule is N#C/C=C/[C]=O. The van der Waals surface area contributed by atoms with Gasteiger partial charge in [0.15, 0.2) is 0 Å². The van der Waals surface area contributed by atoms with Crippen LogP contribution in [0.4, 0.5) is 0 Å². The molecule has 0 aromatic rings. The topological polar surface area (TPSA) is 40.9 Å². The van der Waals surface area contributed by atoms with Crippen molar-refractivity contribution in [2.24, 2.45) is 0 Å². The van der Waals surface area contributed by atoms with Crippen molar-refractivity contribution in [3.05, 3.63) is 12.2 Å². The van der Waals surface area contributed by atoms with Crippen molar-refractivity contribution >= 4 is 6.29 Å². The first-order chi connectivity index (χ1) is 2.91. The third-order valence-electron chi connectivity index (χ3n) is 0.226. The second-order valence-electron chi connectivity index (χ2n) is 0.580. The Labute approximate surface area is 35.7 Å². The van der Waals surface area contributed by atoms with E-state index in [0.29, 0.717) is 0 Å². The van der Waals surface area contributed by atoms with Crippen LogP contribution in [0.1, 0.15) is 0 Å². The Morgan fingerprint density at radius 3 is 2.33 bits per heavy atom. The van der Waals surface area contributed by atoms with E-state index in [4.69, 9.17) is 5.26 Å². The standard InChI is InChI=1S/C4H2NO/c5-3-1-2-4-6/h1-2H/b2-1+. The van der Waals surface area contributed by atoms with Crippen LogP contribution < -0.4 is 0 Å². The zero-order valence-electron chi connectivity index (χ0n) is 3.01. The molecule has 2 heteroatoms. The highest BCUT2D eigenvalue weighted by atomic mass is 16.1. The van der Waals surface area contributed by atoms with Gasteiger partial charge in [0.25, 0.3) is 0 Å². The minimum absolute atomic E-state index is 1.01. The molecule has 0 atom stereocenters. The normalized spacial score (nSPS) is 7.83. The van der Waals surface area contributed by atoms with Crippen molar-refractivity contribution < 1.29 is 4.79 Å². The minimum Gasteiger partial charge on any atom is -0.286 e. The molecule has 0 fully saturated rings. The van der Waals surface area contributed by atoms with Gasteiger partial charge >= 0.3 is 0 Å². The first-order valence-corrected chi connectivity index (χ1v) is 1.34. The third kappa shape index (κ3) is 2.90. The van der Waals surface area contributed by atoms with Gasteiger partial charge in [-0.25, -0.2) is 0 Å². The van der Waals surface area contributed by atoms with Crippen LogP contribution in [-0.2, 0) is 4.79 Å². The summed E-state index contributed by atoms with van der Waals surface area (Å²) in [5.74, 6) is 0. The number of carbonyl (C=O) groups excluding carboxylic acids is 1. The van der Waals surface area contributed by atoms with Crippen molar-refractivity contribution in [3.63, 3.8) is 0 Å². The van der Waals surface area contributed by atoms with Gasteiger partial charge in [-0.3, -0.25) is 4.79 Å². The summed E-state index contributed by atoms with van der Waals surface area (Å²) in [6.45, 7) is 0. The first kappa shape index (κ1) is 4.90. The molecule has 0 rings (SSSR count). The summed E-state index contributed by atoms with van der Waals surface area (Å²) >= 11 is 0. The summed E-state index contributed by atoms with van der Waals surface area (Å²) in [5.41, 5.74) is 0. The second kappa shape index (κ2) is 3.90. The summed E-state index contributed by atoms with van der Waals surface area (Å²) in [7, 11) is 0. The number of hydrogen-bond acceptors (Lipinski definition) is 2. The molecule has 2 nitrogen and oxygen atoms in total. The van der Waals surface area contributed by atoms with Crippen molar-refractivity contribution in [3.8, 4) is 6.07 Å². The van der Waals surface area contributed by atoms with Crippen LogP contribution in [0.15, 0.2) is 12.2 Å². The molecule has 29 valence electrons. The fourth-order valence-corrected chi connectivity index (χ4v) is 0.0713. The Morgan fingerprint density at radius 1 is 1.50 bits per heavy atom. The molecule has 0 aliphatic heterocycles. The molecule has 0 unspecified atom stereocenters. The number of nitrogens with zero attached hydrogens (tertiary/aromatic N) is 1. The van der Waals surface area contributed by atoms with Gasteiger partial charge in [0.1, 0.15) is 0 Å². The van der Waals surface area contributed by atoms with E-state index in [2.05, 4.69) is 0 Å². The summed E-state index contributed by atoms with van der Waals surface area (Å²) < 4.78 is 0. The fourth-order valence-electron chi connectivity index (χ4n) is 0.0713. The van der Waals surface area contributed by atoms with E-state index in [0.717, 1.165) is 12.2 Å². The van der Waals surface area contributed by atoms with Gasteiger partial charge in [0.05, 0.1) is 6.07 Å². The van der Waals surface area contributed by atoms with E-state index in [-0.39, 0.29) is 0 Å². The van der Waals surface area contributed by atoms with Gasteiger partial charge in [-0.15, -0.1) is 0 Å². The van der Waals surface area contributed by atoms with Crippen LogP contribution >= 0.6 is 0 Å². The van der Waals surface area contributed by atoms with Gasteiger partial charge in [-0.2, -0.15) is 5.26 Å². The van der Waals surface area contributed by atoms with Crippen LogP contribution in [-0.4, -0.2) is 6.29 Å². The highest BCUT2D eigenvalue weighted by Crippen LogP contribution is 1.56. The van der Waals surface area contributed by atoms with Crippen molar-refractivity contribution in [2.75, 3.05) is 0 Å². The van der Waals surface area contributed by atoms with E-state index in [1.165, 1.54) is 6.29 Å². The van der Waals surface area contributed by atoms with E-state index in [1.54, 1.807) is 6.07 Å². The number of nitriles is 1. The van der Waals surface area contributed by atoms with E-state index in [9.17, 15) is 4.79 Å². The number of rotatable bonds is 1. The van der Waals surface area contributed by atoms with Crippen molar-refractivity contribution in [1.29, 1.82) is 5.26 Å². The fraction of sp³-hybridized carbons (Fsp3) is 0. The monoisotopic (exact) mass is 80.0 g/mol. The van der Waals surface area contributed by atoms with Gasteiger partial charge in [0, 0.05) is 6.08 Å². The summed E-state index contributed by atoms with van der Waals surface area (Å²) in [6.07, 6.45) is 3.49. The van der Waals surface area contributed by atoms with E-state index < -0.39 is 0 Å². The number of allylic oxidation sites excluding steroid dienone is 2. The quantitative estimate of drug-likeness (QED) is 0.333. The molecule has 0 aromatic carbocycles. The highest BCUT2D eigenvalue weighted by Gasteiger charge is 1.57. The lowest BCUT2D eigenvalue weighted by Gasteiger charge is -1.47. The second-order valence-corrected chi connectivity index (χ2v) is 0.580. The van der Waals surface area contributed by atoms with Gasteiger partial charge < -0.3 is 0 Å². The predicted molar refractivity (Wildman–Crippen MR) is 20.4 cm³/mol. The summed E-state index contributed by atoms with van der Waals surface area (Å²) in [6, 6.07) is 1.63. The molecular formula is C4H2NO. The zero-order chi connectivity index (χ0) is 4.83. The van der Waals surface area contributed by atoms with Crippen LogP contribution in [0.25, 0.3) is 0 Å². The molecule has 0 amide bonds. The zero-order valence-corrected chi connectivity index (χ0v) is 3.01. The van der Waals surface area contributed by atoms with E-state index in [1.807, 2.05) is 0 Å². The number of hydrogen-bond donors (Lipinski definition) is 0. The predicted octanol–water partition coefficient (Wildman–Crippen LogP) is 0.176. The van der Waals surface area contributed by atoms with Crippen molar-refractivity contribution in [2.45, 2.75) is 0 Å². The van der Waals surface area contributed by atoms with Gasteiger partial charge in [-0.05, 0) is 6.08 Å². The Bertz CT molecular complexity index is 98.6. The molecule has 0 aliphatic rings. The average Bonchev–Trinajstić information content (AvgIpc) is 1.61. The minimum atomic E-state index is 1.01. The van der Waals surface area contributed by atoms with Crippen LogP contribution in [0, 0.1) is 11.3 Å². The molecule has 0 N–H and O–H groups in total. The molecule has 0 spiro atoms. The Kier molecular flexibility index (Phi) is 3.19. The van der Waals surface area contributed by atoms with Crippen molar-refractivity contribution in [1.82, 2.24) is 0 Å². The Balaban J connectivity index is 3.26. The molecule has 1 radical (unpaired) electrons. The maximum Gasteiger partial charge on any atom is 0.226 e.